The molecule has 98 valence electrons. The van der Waals surface area contributed by atoms with E-state index in [9.17, 15) is 0 Å². The maximum Gasteiger partial charge on any atom is 0.104 e. The van der Waals surface area contributed by atoms with Crippen molar-refractivity contribution in [2.24, 2.45) is 11.7 Å². The Morgan fingerprint density at radius 3 is 2.58 bits per heavy atom. The van der Waals surface area contributed by atoms with E-state index in [1.165, 1.54) is 17.5 Å². The average molecular weight is 270 g/mol. The average Bonchev–Trinajstić information content (AvgIpc) is 2.83. The number of rotatable bonds is 2. The molecule has 1 fully saturated rings. The summed E-state index contributed by atoms with van der Waals surface area (Å²) in [6, 6.07) is 12.6. The van der Waals surface area contributed by atoms with Crippen molar-refractivity contribution in [1.82, 2.24) is 0 Å². The topological polar surface area (TPSA) is 29.3 Å². The van der Waals surface area contributed by atoms with Crippen LogP contribution in [-0.2, 0) is 0 Å². The fourth-order valence-electron chi connectivity index (χ4n) is 2.93. The first-order valence-corrected chi connectivity index (χ1v) is 7.14. The number of hydrogen-bond acceptors (Lipinski definition) is 2. The van der Waals surface area contributed by atoms with Crippen LogP contribution < -0.4 is 10.6 Å². The van der Waals surface area contributed by atoms with E-state index < -0.39 is 0 Å². The van der Waals surface area contributed by atoms with E-state index in [1.54, 1.807) is 0 Å². The molecule has 1 aliphatic rings. The molecule has 1 atom stereocenters. The lowest BCUT2D eigenvalue weighted by atomic mass is 10.0. The lowest BCUT2D eigenvalue weighted by Gasteiger charge is -2.21. The van der Waals surface area contributed by atoms with Gasteiger partial charge in [0.25, 0.3) is 0 Å². The Labute approximate surface area is 119 Å². The minimum Gasteiger partial charge on any atom is -0.389 e. The van der Waals surface area contributed by atoms with Crippen LogP contribution >= 0.6 is 12.2 Å². The maximum atomic E-state index is 5.82. The molecule has 0 bridgehead atoms. The van der Waals surface area contributed by atoms with Crippen molar-refractivity contribution in [2.45, 2.75) is 13.3 Å². The van der Waals surface area contributed by atoms with E-state index in [0.717, 1.165) is 30.0 Å². The van der Waals surface area contributed by atoms with Crippen LogP contribution in [0.3, 0.4) is 0 Å². The summed E-state index contributed by atoms with van der Waals surface area (Å²) in [6.45, 7) is 4.58. The normalized spacial score (nSPS) is 19.0. The molecule has 0 saturated carbocycles. The van der Waals surface area contributed by atoms with Gasteiger partial charge >= 0.3 is 0 Å². The summed E-state index contributed by atoms with van der Waals surface area (Å²) in [5.41, 5.74) is 8.10. The molecule has 2 aromatic carbocycles. The Kier molecular flexibility index (Phi) is 3.15. The van der Waals surface area contributed by atoms with Crippen LogP contribution in [0.25, 0.3) is 10.8 Å². The standard InChI is InChI=1S/C16H18N2S/c1-11-8-9-18(10-11)15-7-6-14(16(17)19)12-4-2-3-5-13(12)15/h2-7,11H,8-10H2,1H3,(H2,17,19). The third-order valence-electron chi connectivity index (χ3n) is 3.93. The molecule has 0 aromatic heterocycles. The summed E-state index contributed by atoms with van der Waals surface area (Å²) in [7, 11) is 0. The van der Waals surface area contributed by atoms with Gasteiger partial charge in [0.15, 0.2) is 0 Å². The molecule has 2 N–H and O–H groups in total. The number of anilines is 1. The Bertz CT molecular complexity index is 636. The van der Waals surface area contributed by atoms with Crippen LogP contribution in [0.4, 0.5) is 5.69 Å². The van der Waals surface area contributed by atoms with E-state index in [1.807, 2.05) is 6.07 Å². The fourth-order valence-corrected chi connectivity index (χ4v) is 3.11. The summed E-state index contributed by atoms with van der Waals surface area (Å²) in [5, 5.41) is 2.41. The monoisotopic (exact) mass is 270 g/mol. The highest BCUT2D eigenvalue weighted by Crippen LogP contribution is 2.32. The molecule has 3 rings (SSSR count). The van der Waals surface area contributed by atoms with E-state index in [4.69, 9.17) is 18.0 Å². The molecule has 1 aliphatic heterocycles. The van der Waals surface area contributed by atoms with Gasteiger partial charge in [-0.05, 0) is 29.9 Å². The molecule has 19 heavy (non-hydrogen) atoms. The third-order valence-corrected chi connectivity index (χ3v) is 4.15. The van der Waals surface area contributed by atoms with Crippen molar-refractivity contribution in [1.29, 1.82) is 0 Å². The van der Waals surface area contributed by atoms with Gasteiger partial charge in [-0.1, -0.05) is 43.4 Å². The van der Waals surface area contributed by atoms with Gasteiger partial charge in [0.1, 0.15) is 4.99 Å². The zero-order valence-electron chi connectivity index (χ0n) is 11.1. The fraction of sp³-hybridized carbons (Fsp3) is 0.312. The van der Waals surface area contributed by atoms with Gasteiger partial charge in [0.05, 0.1) is 0 Å². The predicted octanol–water partition coefficient (Wildman–Crippen LogP) is 3.32. The van der Waals surface area contributed by atoms with Crippen LogP contribution in [0.1, 0.15) is 18.9 Å². The highest BCUT2D eigenvalue weighted by molar-refractivity contribution is 7.80. The minimum atomic E-state index is 0.470. The Hall–Kier alpha value is -1.61. The molecule has 0 radical (unpaired) electrons. The number of nitrogens with two attached hydrogens (primary N) is 1. The van der Waals surface area contributed by atoms with Gasteiger partial charge in [0.2, 0.25) is 0 Å². The van der Waals surface area contributed by atoms with Gasteiger partial charge in [-0.25, -0.2) is 0 Å². The second-order valence-corrected chi connectivity index (χ2v) is 5.82. The second kappa shape index (κ2) is 4.82. The summed E-state index contributed by atoms with van der Waals surface area (Å²) in [5.74, 6) is 0.772. The van der Waals surface area contributed by atoms with Crippen molar-refractivity contribution in [3.05, 3.63) is 42.0 Å². The van der Waals surface area contributed by atoms with Crippen molar-refractivity contribution in [3.63, 3.8) is 0 Å². The highest BCUT2D eigenvalue weighted by atomic mass is 32.1. The van der Waals surface area contributed by atoms with E-state index >= 15 is 0 Å². The molecular formula is C16H18N2S. The van der Waals surface area contributed by atoms with Crippen LogP contribution in [0.2, 0.25) is 0 Å². The molecular weight excluding hydrogens is 252 g/mol. The molecule has 0 aliphatic carbocycles. The summed E-state index contributed by atoms with van der Waals surface area (Å²) in [6.07, 6.45) is 1.27. The van der Waals surface area contributed by atoms with Crippen LogP contribution in [0.15, 0.2) is 36.4 Å². The zero-order valence-corrected chi connectivity index (χ0v) is 11.9. The van der Waals surface area contributed by atoms with Crippen molar-refractivity contribution in [3.8, 4) is 0 Å². The third kappa shape index (κ3) is 2.19. The van der Waals surface area contributed by atoms with Gasteiger partial charge in [0, 0.05) is 29.7 Å². The molecule has 3 heteroatoms. The van der Waals surface area contributed by atoms with Gasteiger partial charge < -0.3 is 10.6 Å². The first-order chi connectivity index (χ1) is 9.16. The van der Waals surface area contributed by atoms with E-state index in [-0.39, 0.29) is 0 Å². The van der Waals surface area contributed by atoms with E-state index in [0.29, 0.717) is 4.99 Å². The van der Waals surface area contributed by atoms with Crippen molar-refractivity contribution >= 4 is 33.7 Å². The second-order valence-electron chi connectivity index (χ2n) is 5.38. The van der Waals surface area contributed by atoms with Crippen molar-refractivity contribution in [2.75, 3.05) is 18.0 Å². The molecule has 2 aromatic rings. The van der Waals surface area contributed by atoms with Crippen molar-refractivity contribution < 1.29 is 0 Å². The molecule has 0 spiro atoms. The summed E-state index contributed by atoms with van der Waals surface area (Å²) < 4.78 is 0. The number of nitrogens with zero attached hydrogens (tertiary/aromatic N) is 1. The molecule has 1 heterocycles. The highest BCUT2D eigenvalue weighted by Gasteiger charge is 2.21. The predicted molar refractivity (Wildman–Crippen MR) is 85.8 cm³/mol. The lowest BCUT2D eigenvalue weighted by molar-refractivity contribution is 0.659. The van der Waals surface area contributed by atoms with Crippen LogP contribution in [-0.4, -0.2) is 18.1 Å². The van der Waals surface area contributed by atoms with E-state index in [2.05, 4.69) is 42.2 Å². The number of fused-ring (bicyclic) bond motifs is 1. The number of thiocarbonyl (C=S) groups is 1. The number of hydrogen-bond donors (Lipinski definition) is 1. The van der Waals surface area contributed by atoms with Gasteiger partial charge in [-0.3, -0.25) is 0 Å². The molecule has 0 amide bonds. The lowest BCUT2D eigenvalue weighted by Crippen LogP contribution is -2.20. The van der Waals surface area contributed by atoms with Gasteiger partial charge in [-0.2, -0.15) is 0 Å². The minimum absolute atomic E-state index is 0.470. The Morgan fingerprint density at radius 1 is 1.21 bits per heavy atom. The zero-order chi connectivity index (χ0) is 13.4. The van der Waals surface area contributed by atoms with Crippen LogP contribution in [0.5, 0.6) is 0 Å². The smallest absolute Gasteiger partial charge is 0.104 e. The first kappa shape index (κ1) is 12.4. The van der Waals surface area contributed by atoms with Gasteiger partial charge in [-0.15, -0.1) is 0 Å². The molecule has 1 unspecified atom stereocenters. The quantitative estimate of drug-likeness (QED) is 0.849. The Morgan fingerprint density at radius 2 is 1.95 bits per heavy atom. The maximum absolute atomic E-state index is 5.82. The summed E-state index contributed by atoms with van der Waals surface area (Å²) >= 11 is 5.15. The summed E-state index contributed by atoms with van der Waals surface area (Å²) in [4.78, 5) is 2.94. The first-order valence-electron chi connectivity index (χ1n) is 6.73. The molecule has 1 saturated heterocycles. The van der Waals surface area contributed by atoms with Crippen LogP contribution in [0, 0.1) is 5.92 Å². The Balaban J connectivity index is 2.17. The largest absolute Gasteiger partial charge is 0.389 e. The molecule has 2 nitrogen and oxygen atoms in total. The SMILES string of the molecule is CC1CCN(c2ccc(C(N)=S)c3ccccc23)C1. The number of benzene rings is 2.